The van der Waals surface area contributed by atoms with Gasteiger partial charge in [-0.05, 0) is 53.9 Å². The first-order valence-corrected chi connectivity index (χ1v) is 10.1. The first-order valence-electron chi connectivity index (χ1n) is 10.1. The van der Waals surface area contributed by atoms with E-state index in [0.717, 1.165) is 0 Å². The molecule has 148 valence electrons. The minimum atomic E-state index is 0.179. The van der Waals surface area contributed by atoms with Crippen molar-refractivity contribution in [2.75, 3.05) is 38.0 Å². The average Bonchev–Trinajstić information content (AvgIpc) is 3.05. The predicted molar refractivity (Wildman–Crippen MR) is 126 cm³/mol. The lowest BCUT2D eigenvalue weighted by atomic mass is 9.83. The van der Waals surface area contributed by atoms with Crippen molar-refractivity contribution in [2.45, 2.75) is 12.8 Å². The van der Waals surface area contributed by atoms with Crippen molar-refractivity contribution in [1.29, 1.82) is 0 Å². The van der Waals surface area contributed by atoms with Crippen LogP contribution in [0, 0.1) is 6.92 Å². The summed E-state index contributed by atoms with van der Waals surface area (Å²) in [6, 6.07) is 26.5. The molecular formula is C26H29N3. The molecule has 1 N–H and O–H groups in total. The summed E-state index contributed by atoms with van der Waals surface area (Å²) < 4.78 is 0. The van der Waals surface area contributed by atoms with Gasteiger partial charge in [0.25, 0.3) is 0 Å². The molecule has 0 fully saturated rings. The lowest BCUT2D eigenvalue weighted by molar-refractivity contribution is 0.965. The van der Waals surface area contributed by atoms with Gasteiger partial charge in [-0.2, -0.15) is 0 Å². The highest BCUT2D eigenvalue weighted by molar-refractivity contribution is 5.86. The third kappa shape index (κ3) is 3.61. The Morgan fingerprint density at radius 2 is 1.14 bits per heavy atom. The minimum absolute atomic E-state index is 0.179. The highest BCUT2D eigenvalue weighted by atomic mass is 15.1. The fourth-order valence-corrected chi connectivity index (χ4v) is 4.13. The number of nitrogens with one attached hydrogen (secondary N) is 1. The van der Waals surface area contributed by atoms with E-state index in [1.807, 2.05) is 0 Å². The van der Waals surface area contributed by atoms with E-state index in [2.05, 4.69) is 123 Å². The highest BCUT2D eigenvalue weighted by Gasteiger charge is 2.23. The molecule has 1 heterocycles. The van der Waals surface area contributed by atoms with Gasteiger partial charge in [0.2, 0.25) is 0 Å². The van der Waals surface area contributed by atoms with Crippen molar-refractivity contribution in [3.05, 3.63) is 95.2 Å². The third-order valence-corrected chi connectivity index (χ3v) is 5.72. The summed E-state index contributed by atoms with van der Waals surface area (Å²) in [7, 11) is 8.32. The molecule has 3 heteroatoms. The van der Waals surface area contributed by atoms with Crippen LogP contribution in [0.15, 0.2) is 72.8 Å². The fourth-order valence-electron chi connectivity index (χ4n) is 4.13. The number of fused-ring (bicyclic) bond motifs is 1. The standard InChI is InChI=1S/C26H29N3/c1-18-25(23-8-6-7-9-24(23)27-18)26(19-10-14-21(15-11-19)28(2)3)20-12-16-22(17-13-20)29(4)5/h6-17,26-27H,1-5H3. The van der Waals surface area contributed by atoms with Crippen LogP contribution in [0.4, 0.5) is 11.4 Å². The summed E-state index contributed by atoms with van der Waals surface area (Å²) in [6.07, 6.45) is 0. The van der Waals surface area contributed by atoms with Crippen molar-refractivity contribution in [3.8, 4) is 0 Å². The van der Waals surface area contributed by atoms with Crippen LogP contribution in [-0.4, -0.2) is 33.2 Å². The van der Waals surface area contributed by atoms with Gasteiger partial charge >= 0.3 is 0 Å². The first-order chi connectivity index (χ1) is 14.0. The second-order valence-corrected chi connectivity index (χ2v) is 8.11. The maximum absolute atomic E-state index is 3.59. The molecule has 0 bridgehead atoms. The van der Waals surface area contributed by atoms with Gasteiger partial charge in [-0.25, -0.2) is 0 Å². The van der Waals surface area contributed by atoms with Gasteiger partial charge in [0.15, 0.2) is 0 Å². The van der Waals surface area contributed by atoms with Gasteiger partial charge in [-0.1, -0.05) is 42.5 Å². The molecule has 1 aromatic heterocycles. The lowest BCUT2D eigenvalue weighted by Crippen LogP contribution is -2.10. The van der Waals surface area contributed by atoms with E-state index in [0.29, 0.717) is 0 Å². The van der Waals surface area contributed by atoms with Crippen LogP contribution >= 0.6 is 0 Å². The number of rotatable bonds is 5. The molecule has 0 aliphatic rings. The predicted octanol–water partition coefficient (Wildman–Crippen LogP) is 5.79. The molecule has 4 rings (SSSR count). The van der Waals surface area contributed by atoms with Crippen molar-refractivity contribution in [2.24, 2.45) is 0 Å². The van der Waals surface area contributed by atoms with Gasteiger partial charge in [0, 0.05) is 62.1 Å². The molecule has 0 aliphatic carbocycles. The molecule has 3 aromatic carbocycles. The number of para-hydroxylation sites is 1. The Balaban J connectivity index is 1.90. The second kappa shape index (κ2) is 7.67. The van der Waals surface area contributed by atoms with Crippen LogP contribution in [0.25, 0.3) is 10.9 Å². The maximum Gasteiger partial charge on any atom is 0.0459 e. The smallest absolute Gasteiger partial charge is 0.0459 e. The number of aromatic amines is 1. The van der Waals surface area contributed by atoms with Crippen molar-refractivity contribution in [1.82, 2.24) is 4.98 Å². The number of hydrogen-bond acceptors (Lipinski definition) is 2. The summed E-state index contributed by atoms with van der Waals surface area (Å²) in [6.45, 7) is 2.19. The Bertz CT molecular complexity index is 1050. The van der Waals surface area contributed by atoms with E-state index in [9.17, 15) is 0 Å². The first kappa shape index (κ1) is 19.1. The van der Waals surface area contributed by atoms with Crippen LogP contribution in [0.2, 0.25) is 0 Å². The Kier molecular flexibility index (Phi) is 5.06. The molecule has 0 amide bonds. The molecule has 4 aromatic rings. The van der Waals surface area contributed by atoms with Crippen molar-refractivity contribution < 1.29 is 0 Å². The van der Waals surface area contributed by atoms with Crippen LogP contribution in [0.1, 0.15) is 28.3 Å². The SMILES string of the molecule is Cc1[nH]c2ccccc2c1C(c1ccc(N(C)C)cc1)c1ccc(N(C)C)cc1. The fraction of sp³-hybridized carbons (Fsp3) is 0.231. The van der Waals surface area contributed by atoms with Crippen LogP contribution in [0.5, 0.6) is 0 Å². The van der Waals surface area contributed by atoms with Gasteiger partial charge in [0.1, 0.15) is 0 Å². The van der Waals surface area contributed by atoms with Gasteiger partial charge in [0.05, 0.1) is 0 Å². The van der Waals surface area contributed by atoms with Crippen molar-refractivity contribution in [3.63, 3.8) is 0 Å². The quantitative estimate of drug-likeness (QED) is 0.471. The Hall–Kier alpha value is -3.20. The number of hydrogen-bond donors (Lipinski definition) is 1. The number of benzene rings is 3. The Morgan fingerprint density at radius 3 is 1.62 bits per heavy atom. The molecule has 0 saturated heterocycles. The topological polar surface area (TPSA) is 22.3 Å². The largest absolute Gasteiger partial charge is 0.378 e. The molecule has 0 atom stereocenters. The van der Waals surface area contributed by atoms with E-state index in [-0.39, 0.29) is 5.92 Å². The van der Waals surface area contributed by atoms with Gasteiger partial charge in [-0.15, -0.1) is 0 Å². The van der Waals surface area contributed by atoms with Crippen LogP contribution in [0.3, 0.4) is 0 Å². The Morgan fingerprint density at radius 1 is 0.655 bits per heavy atom. The summed E-state index contributed by atoms with van der Waals surface area (Å²) in [5, 5.41) is 1.29. The number of anilines is 2. The number of aryl methyl sites for hydroxylation is 1. The molecule has 29 heavy (non-hydrogen) atoms. The maximum atomic E-state index is 3.59. The molecule has 3 nitrogen and oxygen atoms in total. The van der Waals surface area contributed by atoms with E-state index in [1.165, 1.54) is 44.7 Å². The number of nitrogens with zero attached hydrogens (tertiary/aromatic N) is 2. The number of H-pyrrole nitrogens is 1. The molecule has 0 spiro atoms. The van der Waals surface area contributed by atoms with E-state index in [1.54, 1.807) is 0 Å². The zero-order valence-electron chi connectivity index (χ0n) is 17.9. The zero-order valence-corrected chi connectivity index (χ0v) is 17.9. The molecule has 0 radical (unpaired) electrons. The third-order valence-electron chi connectivity index (χ3n) is 5.72. The highest BCUT2D eigenvalue weighted by Crippen LogP contribution is 2.39. The number of aromatic nitrogens is 1. The summed E-state index contributed by atoms with van der Waals surface area (Å²) in [5.41, 5.74) is 8.82. The van der Waals surface area contributed by atoms with E-state index in [4.69, 9.17) is 0 Å². The summed E-state index contributed by atoms with van der Waals surface area (Å²) in [4.78, 5) is 7.87. The van der Waals surface area contributed by atoms with Crippen LogP contribution < -0.4 is 9.80 Å². The van der Waals surface area contributed by atoms with Crippen molar-refractivity contribution >= 4 is 22.3 Å². The van der Waals surface area contributed by atoms with Gasteiger partial charge < -0.3 is 14.8 Å². The zero-order chi connectivity index (χ0) is 20.5. The summed E-state index contributed by atoms with van der Waals surface area (Å²) in [5.74, 6) is 0.179. The average molecular weight is 384 g/mol. The van der Waals surface area contributed by atoms with E-state index >= 15 is 0 Å². The molecule has 0 saturated carbocycles. The second-order valence-electron chi connectivity index (χ2n) is 8.11. The molecular weight excluding hydrogens is 354 g/mol. The monoisotopic (exact) mass is 383 g/mol. The van der Waals surface area contributed by atoms with Crippen LogP contribution in [-0.2, 0) is 0 Å². The summed E-state index contributed by atoms with van der Waals surface area (Å²) >= 11 is 0. The minimum Gasteiger partial charge on any atom is -0.378 e. The Labute approximate surface area is 173 Å². The van der Waals surface area contributed by atoms with E-state index < -0.39 is 0 Å². The normalized spacial score (nSPS) is 11.2. The lowest BCUT2D eigenvalue weighted by Gasteiger charge is -2.22. The molecule has 0 aliphatic heterocycles. The van der Waals surface area contributed by atoms with Gasteiger partial charge in [-0.3, -0.25) is 0 Å². The molecule has 0 unspecified atom stereocenters.